The van der Waals surface area contributed by atoms with Gasteiger partial charge in [0, 0.05) is 36.6 Å². The summed E-state index contributed by atoms with van der Waals surface area (Å²) in [6.45, 7) is 6.27. The van der Waals surface area contributed by atoms with E-state index in [1.54, 1.807) is 14.0 Å². The van der Waals surface area contributed by atoms with E-state index in [2.05, 4.69) is 29.7 Å². The van der Waals surface area contributed by atoms with Gasteiger partial charge in [0.25, 0.3) is 0 Å². The molecule has 0 aliphatic heterocycles. The number of hydrogen-bond acceptors (Lipinski definition) is 5. The lowest BCUT2D eigenvalue weighted by Gasteiger charge is -2.15. The van der Waals surface area contributed by atoms with E-state index < -0.39 is 0 Å². The number of nitrogens with one attached hydrogen (secondary N) is 3. The lowest BCUT2D eigenvalue weighted by molar-refractivity contribution is 0.304. The predicted octanol–water partition coefficient (Wildman–Crippen LogP) is 4.31. The van der Waals surface area contributed by atoms with Gasteiger partial charge in [-0.05, 0) is 56.2 Å². The highest BCUT2D eigenvalue weighted by atomic mass is 16.5. The van der Waals surface area contributed by atoms with Crippen LogP contribution in [-0.4, -0.2) is 19.8 Å². The summed E-state index contributed by atoms with van der Waals surface area (Å²) in [5.74, 6) is 0.768. The first-order valence-electron chi connectivity index (χ1n) is 8.80. The summed E-state index contributed by atoms with van der Waals surface area (Å²) in [4.78, 5) is 0. The second-order valence-electron chi connectivity index (χ2n) is 6.36. The van der Waals surface area contributed by atoms with Gasteiger partial charge in [-0.2, -0.15) is 5.26 Å². The van der Waals surface area contributed by atoms with Gasteiger partial charge in [0.2, 0.25) is 0 Å². The molecule has 2 rings (SSSR count). The number of allylic oxidation sites excluding steroid dienone is 2. The highest BCUT2D eigenvalue weighted by Crippen LogP contribution is 2.25. The number of ether oxygens (including phenoxy) is 1. The number of benzene rings is 2. The third kappa shape index (κ3) is 4.48. The second-order valence-corrected chi connectivity index (χ2v) is 6.36. The van der Waals surface area contributed by atoms with Gasteiger partial charge in [-0.3, -0.25) is 5.41 Å². The first kappa shape index (κ1) is 20.1. The number of anilines is 1. The van der Waals surface area contributed by atoms with Crippen molar-refractivity contribution in [2.24, 2.45) is 0 Å². The fourth-order valence-corrected chi connectivity index (χ4v) is 2.84. The van der Waals surface area contributed by atoms with E-state index in [0.717, 1.165) is 22.6 Å². The molecule has 140 valence electrons. The first-order chi connectivity index (χ1) is 12.9. The average molecular weight is 362 g/mol. The minimum atomic E-state index is 0.204. The van der Waals surface area contributed by atoms with E-state index in [1.165, 1.54) is 5.56 Å². The van der Waals surface area contributed by atoms with Gasteiger partial charge in [0.15, 0.2) is 0 Å². The molecule has 0 aromatic heterocycles. The van der Waals surface area contributed by atoms with Crippen LogP contribution in [0.5, 0.6) is 5.75 Å². The minimum absolute atomic E-state index is 0.204. The zero-order valence-electron chi connectivity index (χ0n) is 16.5. The SMILES string of the molecule is CN/C(C)=C(/C#N)C(=N)c1ccc(OCc2c(C)cccc2NC)c(C)c1. The minimum Gasteiger partial charge on any atom is -0.489 e. The van der Waals surface area contributed by atoms with E-state index >= 15 is 0 Å². The molecular formula is C22H26N4O. The number of nitriles is 1. The molecule has 3 N–H and O–H groups in total. The fourth-order valence-electron chi connectivity index (χ4n) is 2.84. The summed E-state index contributed by atoms with van der Waals surface area (Å²) in [5, 5.41) is 23.8. The Hall–Kier alpha value is -3.26. The summed E-state index contributed by atoms with van der Waals surface area (Å²) in [6.07, 6.45) is 0. The topological polar surface area (TPSA) is 80.9 Å². The van der Waals surface area contributed by atoms with E-state index in [4.69, 9.17) is 10.1 Å². The number of nitrogens with zero attached hydrogens (tertiary/aromatic N) is 1. The predicted molar refractivity (Wildman–Crippen MR) is 110 cm³/mol. The Bertz CT molecular complexity index is 922. The second kappa shape index (κ2) is 8.91. The van der Waals surface area contributed by atoms with Gasteiger partial charge in [-0.1, -0.05) is 12.1 Å². The van der Waals surface area contributed by atoms with Crippen molar-refractivity contribution < 1.29 is 4.74 Å². The Balaban J connectivity index is 2.24. The van der Waals surface area contributed by atoms with E-state index in [9.17, 15) is 5.26 Å². The molecule has 2 aromatic rings. The molecule has 0 atom stereocenters. The van der Waals surface area contributed by atoms with Gasteiger partial charge in [-0.25, -0.2) is 0 Å². The van der Waals surface area contributed by atoms with Crippen molar-refractivity contribution in [1.29, 1.82) is 10.7 Å². The van der Waals surface area contributed by atoms with Crippen molar-refractivity contribution >= 4 is 11.4 Å². The lowest BCUT2D eigenvalue weighted by atomic mass is 10.00. The summed E-state index contributed by atoms with van der Waals surface area (Å²) in [5.41, 5.74) is 6.19. The van der Waals surface area contributed by atoms with Crippen LogP contribution in [0.3, 0.4) is 0 Å². The lowest BCUT2D eigenvalue weighted by Crippen LogP contribution is -2.12. The van der Waals surface area contributed by atoms with Crippen LogP contribution in [0.2, 0.25) is 0 Å². The Morgan fingerprint density at radius 2 is 1.89 bits per heavy atom. The first-order valence-corrected chi connectivity index (χ1v) is 8.80. The molecule has 0 saturated carbocycles. The van der Waals surface area contributed by atoms with E-state index in [-0.39, 0.29) is 5.71 Å². The Labute approximate surface area is 161 Å². The molecular weight excluding hydrogens is 336 g/mol. The van der Waals surface area contributed by atoms with Crippen LogP contribution in [0.4, 0.5) is 5.69 Å². The summed E-state index contributed by atoms with van der Waals surface area (Å²) in [6, 6.07) is 13.8. The van der Waals surface area contributed by atoms with E-state index in [0.29, 0.717) is 23.4 Å². The van der Waals surface area contributed by atoms with Crippen LogP contribution in [-0.2, 0) is 6.61 Å². The normalized spacial score (nSPS) is 11.3. The monoisotopic (exact) mass is 362 g/mol. The summed E-state index contributed by atoms with van der Waals surface area (Å²) >= 11 is 0. The molecule has 0 amide bonds. The van der Waals surface area contributed by atoms with Crippen LogP contribution >= 0.6 is 0 Å². The fraction of sp³-hybridized carbons (Fsp3) is 0.273. The van der Waals surface area contributed by atoms with E-state index in [1.807, 2.05) is 44.3 Å². The molecule has 0 saturated heterocycles. The maximum atomic E-state index is 9.35. The largest absolute Gasteiger partial charge is 0.489 e. The molecule has 2 aromatic carbocycles. The van der Waals surface area contributed by atoms with Crippen LogP contribution in [0, 0.1) is 30.6 Å². The number of rotatable bonds is 7. The summed E-state index contributed by atoms with van der Waals surface area (Å²) < 4.78 is 6.04. The molecule has 27 heavy (non-hydrogen) atoms. The Morgan fingerprint density at radius 1 is 1.15 bits per heavy atom. The van der Waals surface area contributed by atoms with Crippen molar-refractivity contribution in [3.05, 3.63) is 69.9 Å². The third-order valence-corrected chi connectivity index (χ3v) is 4.63. The molecule has 0 aliphatic rings. The van der Waals surface area contributed by atoms with Gasteiger partial charge in [0.05, 0.1) is 11.3 Å². The smallest absolute Gasteiger partial charge is 0.122 e. The van der Waals surface area contributed by atoms with Crippen LogP contribution in [0.15, 0.2) is 47.7 Å². The Morgan fingerprint density at radius 3 is 2.48 bits per heavy atom. The van der Waals surface area contributed by atoms with Crippen LogP contribution < -0.4 is 15.4 Å². The molecule has 0 radical (unpaired) electrons. The summed E-state index contributed by atoms with van der Waals surface area (Å²) in [7, 11) is 3.64. The highest BCUT2D eigenvalue weighted by molar-refractivity contribution is 6.13. The molecule has 0 heterocycles. The number of aryl methyl sites for hydroxylation is 2. The van der Waals surface area contributed by atoms with Gasteiger partial charge < -0.3 is 15.4 Å². The molecule has 0 aliphatic carbocycles. The van der Waals surface area contributed by atoms with Crippen molar-refractivity contribution in [3.8, 4) is 11.8 Å². The van der Waals surface area contributed by atoms with Crippen LogP contribution in [0.1, 0.15) is 29.2 Å². The van der Waals surface area contributed by atoms with Crippen molar-refractivity contribution in [1.82, 2.24) is 5.32 Å². The van der Waals surface area contributed by atoms with Crippen LogP contribution in [0.25, 0.3) is 0 Å². The average Bonchev–Trinajstić information content (AvgIpc) is 2.67. The van der Waals surface area contributed by atoms with Crippen molar-refractivity contribution in [2.45, 2.75) is 27.4 Å². The maximum absolute atomic E-state index is 9.35. The maximum Gasteiger partial charge on any atom is 0.122 e. The molecule has 0 fully saturated rings. The van der Waals surface area contributed by atoms with Gasteiger partial charge in [-0.15, -0.1) is 0 Å². The quantitative estimate of drug-likeness (QED) is 0.506. The molecule has 5 nitrogen and oxygen atoms in total. The molecule has 0 unspecified atom stereocenters. The van der Waals surface area contributed by atoms with Crippen molar-refractivity contribution in [3.63, 3.8) is 0 Å². The van der Waals surface area contributed by atoms with Gasteiger partial charge in [0.1, 0.15) is 18.4 Å². The third-order valence-electron chi connectivity index (χ3n) is 4.63. The standard InChI is InChI=1S/C22H26N4O/c1-14-7-6-8-20(26-5)19(14)13-27-21-10-9-17(11-15(21)2)22(24)18(12-23)16(3)25-4/h6-11,24-26H,13H2,1-5H3/b18-16-,24-22?. The Kier molecular flexibility index (Phi) is 6.62. The zero-order valence-corrected chi connectivity index (χ0v) is 16.5. The number of hydrogen-bond donors (Lipinski definition) is 3. The van der Waals surface area contributed by atoms with Gasteiger partial charge >= 0.3 is 0 Å². The molecule has 0 bridgehead atoms. The molecule has 5 heteroatoms. The molecule has 0 spiro atoms. The zero-order chi connectivity index (χ0) is 20.0. The van der Waals surface area contributed by atoms with Crippen molar-refractivity contribution in [2.75, 3.05) is 19.4 Å². The highest BCUT2D eigenvalue weighted by Gasteiger charge is 2.13.